The highest BCUT2D eigenvalue weighted by Crippen LogP contribution is 2.51. The number of hydrogen-bond donors (Lipinski definition) is 0. The number of fused-ring (bicyclic) bond motifs is 15. The van der Waals surface area contributed by atoms with E-state index in [0.29, 0.717) is 0 Å². The van der Waals surface area contributed by atoms with Crippen LogP contribution >= 0.6 is 34.0 Å². The molecule has 0 unspecified atom stereocenters. The second-order valence-electron chi connectivity index (χ2n) is 10.2. The van der Waals surface area contributed by atoms with Gasteiger partial charge in [0, 0.05) is 69.1 Å². The van der Waals surface area contributed by atoms with Crippen molar-refractivity contribution in [1.29, 1.82) is 0 Å². The van der Waals surface area contributed by atoms with Gasteiger partial charge in [-0.3, -0.25) is 0 Å². The van der Waals surface area contributed by atoms with E-state index in [1.54, 1.807) is 17.7 Å². The molecule has 0 spiro atoms. The summed E-state index contributed by atoms with van der Waals surface area (Å²) in [5.41, 5.74) is 3.68. The van der Waals surface area contributed by atoms with Gasteiger partial charge in [-0.25, -0.2) is 9.97 Å². The molecular weight excluding hydrogens is 547 g/mol. The molecule has 0 aliphatic rings. The second kappa shape index (κ2) is 7.64. The minimum atomic E-state index is 1.04. The number of para-hydroxylation sites is 1. The van der Waals surface area contributed by atoms with Crippen molar-refractivity contribution in [3.8, 4) is 5.69 Å². The predicted octanol–water partition coefficient (Wildman–Crippen LogP) is 10.7. The molecule has 0 aliphatic carbocycles. The zero-order valence-corrected chi connectivity index (χ0v) is 23.3. The lowest BCUT2D eigenvalue weighted by Crippen LogP contribution is -1.94. The Morgan fingerprint density at radius 2 is 1.27 bits per heavy atom. The standard InChI is InChI=1S/C34H17N3S3/c1-4-10-24-20(8-1)28-29-23-16-35-17-36-34(23)40-32(29)33-30(21-9-3-6-12-26(21)39-33)31(28)37(24)18-13-14-27-22(15-18)19-7-2-5-11-25(19)38-27/h1-17H. The smallest absolute Gasteiger partial charge is 0.127 e. The van der Waals surface area contributed by atoms with Gasteiger partial charge in [-0.2, -0.15) is 0 Å². The average molecular weight is 564 g/mol. The van der Waals surface area contributed by atoms with Crippen LogP contribution in [0.5, 0.6) is 0 Å². The Hall–Kier alpha value is -4.36. The van der Waals surface area contributed by atoms with Crippen LogP contribution in [0.3, 0.4) is 0 Å². The molecule has 0 bridgehead atoms. The Kier molecular flexibility index (Phi) is 4.10. The van der Waals surface area contributed by atoms with Crippen molar-refractivity contribution in [1.82, 2.24) is 14.5 Å². The van der Waals surface area contributed by atoms with Crippen LogP contribution < -0.4 is 0 Å². The lowest BCUT2D eigenvalue weighted by molar-refractivity contribution is 1.19. The van der Waals surface area contributed by atoms with Crippen molar-refractivity contribution < 1.29 is 0 Å². The molecule has 0 aliphatic heterocycles. The maximum absolute atomic E-state index is 4.69. The van der Waals surface area contributed by atoms with Gasteiger partial charge in [0.25, 0.3) is 0 Å². The first-order valence-corrected chi connectivity index (χ1v) is 15.6. The van der Waals surface area contributed by atoms with Crippen LogP contribution in [0.2, 0.25) is 0 Å². The Labute approximate surface area is 239 Å². The quantitative estimate of drug-likeness (QED) is 0.199. The topological polar surface area (TPSA) is 30.7 Å². The molecule has 40 heavy (non-hydrogen) atoms. The van der Waals surface area contributed by atoms with Crippen LogP contribution in [0.1, 0.15) is 0 Å². The van der Waals surface area contributed by atoms with Gasteiger partial charge < -0.3 is 4.57 Å². The number of aromatic nitrogens is 3. The van der Waals surface area contributed by atoms with Crippen molar-refractivity contribution in [2.45, 2.75) is 0 Å². The van der Waals surface area contributed by atoms with Gasteiger partial charge in [-0.15, -0.1) is 34.0 Å². The summed E-state index contributed by atoms with van der Waals surface area (Å²) >= 11 is 5.55. The molecule has 0 fully saturated rings. The van der Waals surface area contributed by atoms with Crippen molar-refractivity contribution >= 4 is 116 Å². The van der Waals surface area contributed by atoms with E-state index < -0.39 is 0 Å². The molecule has 5 aromatic carbocycles. The van der Waals surface area contributed by atoms with Crippen LogP contribution in [0.4, 0.5) is 0 Å². The molecule has 0 saturated heterocycles. The molecule has 0 amide bonds. The van der Waals surface area contributed by atoms with E-state index in [4.69, 9.17) is 4.98 Å². The van der Waals surface area contributed by atoms with E-state index in [9.17, 15) is 0 Å². The second-order valence-corrected chi connectivity index (χ2v) is 13.3. The van der Waals surface area contributed by atoms with Gasteiger partial charge in [0.2, 0.25) is 0 Å². The summed E-state index contributed by atoms with van der Waals surface area (Å²) in [5, 5.41) is 10.2. The molecule has 0 atom stereocenters. The summed E-state index contributed by atoms with van der Waals surface area (Å²) in [7, 11) is 0. The lowest BCUT2D eigenvalue weighted by atomic mass is 10.0. The van der Waals surface area contributed by atoms with Crippen molar-refractivity contribution in [2.24, 2.45) is 0 Å². The van der Waals surface area contributed by atoms with Gasteiger partial charge in [-0.05, 0) is 36.4 Å². The fourth-order valence-corrected chi connectivity index (χ4v) is 10.1. The largest absolute Gasteiger partial charge is 0.309 e. The molecule has 10 rings (SSSR count). The Morgan fingerprint density at radius 3 is 2.17 bits per heavy atom. The molecule has 186 valence electrons. The minimum absolute atomic E-state index is 1.04. The minimum Gasteiger partial charge on any atom is -0.309 e. The van der Waals surface area contributed by atoms with Crippen molar-refractivity contribution in [2.75, 3.05) is 0 Å². The number of nitrogens with zero attached hydrogens (tertiary/aromatic N) is 3. The van der Waals surface area contributed by atoms with Crippen LogP contribution in [-0.2, 0) is 0 Å². The van der Waals surface area contributed by atoms with Crippen LogP contribution in [-0.4, -0.2) is 14.5 Å². The zero-order valence-electron chi connectivity index (χ0n) is 20.9. The van der Waals surface area contributed by atoms with Gasteiger partial charge in [0.05, 0.1) is 20.4 Å². The Morgan fingerprint density at radius 1 is 0.550 bits per heavy atom. The number of thiophene rings is 3. The molecular formula is C34H17N3S3. The summed E-state index contributed by atoms with van der Waals surface area (Å²) in [4.78, 5) is 10.2. The third kappa shape index (κ3) is 2.63. The van der Waals surface area contributed by atoms with E-state index in [1.807, 2.05) is 28.9 Å². The number of rotatable bonds is 1. The molecule has 6 heteroatoms. The summed E-state index contributed by atoms with van der Waals surface area (Å²) < 4.78 is 9.10. The summed E-state index contributed by atoms with van der Waals surface area (Å²) in [5.74, 6) is 0. The fourth-order valence-electron chi connectivity index (χ4n) is 6.54. The summed E-state index contributed by atoms with van der Waals surface area (Å²) in [6.45, 7) is 0. The summed E-state index contributed by atoms with van der Waals surface area (Å²) in [6.07, 6.45) is 3.66. The van der Waals surface area contributed by atoms with E-state index in [0.717, 1.165) is 10.2 Å². The third-order valence-corrected chi connectivity index (χ3v) is 11.8. The maximum atomic E-state index is 4.69. The lowest BCUT2D eigenvalue weighted by Gasteiger charge is -2.10. The normalized spacial score (nSPS) is 12.5. The van der Waals surface area contributed by atoms with Crippen molar-refractivity contribution in [3.05, 3.63) is 104 Å². The Balaban J connectivity index is 1.51. The molecule has 5 heterocycles. The molecule has 0 N–H and O–H groups in total. The fraction of sp³-hybridized carbons (Fsp3) is 0. The number of hydrogen-bond acceptors (Lipinski definition) is 5. The van der Waals surface area contributed by atoms with Crippen LogP contribution in [0, 0.1) is 0 Å². The van der Waals surface area contributed by atoms with Gasteiger partial charge in [0.1, 0.15) is 11.2 Å². The zero-order chi connectivity index (χ0) is 25.9. The molecule has 3 nitrogen and oxygen atoms in total. The van der Waals surface area contributed by atoms with Crippen molar-refractivity contribution in [3.63, 3.8) is 0 Å². The van der Waals surface area contributed by atoms with Gasteiger partial charge >= 0.3 is 0 Å². The van der Waals surface area contributed by atoms with E-state index in [1.165, 1.54) is 77.9 Å². The van der Waals surface area contributed by atoms with Crippen LogP contribution in [0.25, 0.3) is 88.1 Å². The van der Waals surface area contributed by atoms with E-state index in [-0.39, 0.29) is 0 Å². The maximum Gasteiger partial charge on any atom is 0.127 e. The third-order valence-electron chi connectivity index (χ3n) is 8.15. The van der Waals surface area contributed by atoms with Gasteiger partial charge in [0.15, 0.2) is 0 Å². The Bertz CT molecular complexity index is 2670. The van der Waals surface area contributed by atoms with E-state index >= 15 is 0 Å². The predicted molar refractivity (Wildman–Crippen MR) is 175 cm³/mol. The highest BCUT2D eigenvalue weighted by molar-refractivity contribution is 7.33. The number of benzene rings is 5. The average Bonchev–Trinajstić information content (AvgIpc) is 3.75. The van der Waals surface area contributed by atoms with Gasteiger partial charge in [-0.1, -0.05) is 54.6 Å². The molecule has 5 aromatic heterocycles. The summed E-state index contributed by atoms with van der Waals surface area (Å²) in [6, 6.07) is 33.4. The molecule has 0 radical (unpaired) electrons. The van der Waals surface area contributed by atoms with Crippen LogP contribution in [0.15, 0.2) is 104 Å². The molecule has 10 aromatic rings. The first kappa shape index (κ1) is 21.5. The monoisotopic (exact) mass is 563 g/mol. The molecule has 0 saturated carbocycles. The SMILES string of the molecule is c1ccc2c(c1)sc1ccc(-n3c4ccccc4c4c5c6cncnc6sc5c5sc6ccccc6c5c43)cc12. The van der Waals surface area contributed by atoms with E-state index in [2.05, 4.69) is 101 Å². The first-order valence-electron chi connectivity index (χ1n) is 13.2. The first-order chi connectivity index (χ1) is 19.8. The highest BCUT2D eigenvalue weighted by Gasteiger charge is 2.24. The highest BCUT2D eigenvalue weighted by atomic mass is 32.1.